The molecule has 5 nitrogen and oxygen atoms in total. The minimum atomic E-state index is 0.00732. The van der Waals surface area contributed by atoms with Gasteiger partial charge < -0.3 is 19.9 Å². The first-order valence-corrected chi connectivity index (χ1v) is 7.46. The number of nitrogens with one attached hydrogen (secondary N) is 1. The molecule has 1 saturated heterocycles. The minimum Gasteiger partial charge on any atom is -0.378 e. The van der Waals surface area contributed by atoms with Gasteiger partial charge in [0.05, 0.1) is 19.8 Å². The van der Waals surface area contributed by atoms with E-state index in [4.69, 9.17) is 16.3 Å². The predicted molar refractivity (Wildman–Crippen MR) is 84.9 cm³/mol. The van der Waals surface area contributed by atoms with Gasteiger partial charge in [-0.3, -0.25) is 4.79 Å². The van der Waals surface area contributed by atoms with Crippen LogP contribution in [0.1, 0.15) is 5.56 Å². The van der Waals surface area contributed by atoms with Crippen LogP contribution in [-0.2, 0) is 16.1 Å². The van der Waals surface area contributed by atoms with Crippen LogP contribution in [0.3, 0.4) is 0 Å². The average Bonchev–Trinajstić information content (AvgIpc) is 2.45. The summed E-state index contributed by atoms with van der Waals surface area (Å²) in [5, 5.41) is 3.62. The Labute approximate surface area is 130 Å². The Hall–Kier alpha value is -1.30. The maximum absolute atomic E-state index is 11.8. The van der Waals surface area contributed by atoms with E-state index in [0.29, 0.717) is 18.1 Å². The molecule has 0 unspecified atom stereocenters. The summed E-state index contributed by atoms with van der Waals surface area (Å²) in [6.45, 7) is 4.05. The molecule has 1 heterocycles. The largest absolute Gasteiger partial charge is 0.378 e. The average molecular weight is 312 g/mol. The summed E-state index contributed by atoms with van der Waals surface area (Å²) in [6, 6.07) is 5.82. The number of amides is 1. The highest BCUT2D eigenvalue weighted by molar-refractivity contribution is 6.30. The first-order valence-electron chi connectivity index (χ1n) is 7.09. The van der Waals surface area contributed by atoms with Gasteiger partial charge in [-0.25, -0.2) is 0 Å². The van der Waals surface area contributed by atoms with Crippen LogP contribution >= 0.6 is 11.6 Å². The SMILES string of the molecule is CN(C)CC(=O)NCc1cc(Cl)ccc1N1CCOCC1. The number of rotatable bonds is 5. The van der Waals surface area contributed by atoms with Gasteiger partial charge in [0.2, 0.25) is 5.91 Å². The van der Waals surface area contributed by atoms with Crippen molar-refractivity contribution in [1.29, 1.82) is 0 Å². The monoisotopic (exact) mass is 311 g/mol. The third-order valence-electron chi connectivity index (χ3n) is 3.33. The Morgan fingerprint density at radius 1 is 1.38 bits per heavy atom. The number of carbonyl (C=O) groups excluding carboxylic acids is 1. The highest BCUT2D eigenvalue weighted by Crippen LogP contribution is 2.25. The molecule has 2 rings (SSSR count). The van der Waals surface area contributed by atoms with Gasteiger partial charge in [-0.15, -0.1) is 0 Å². The van der Waals surface area contributed by atoms with E-state index in [2.05, 4.69) is 10.2 Å². The summed E-state index contributed by atoms with van der Waals surface area (Å²) >= 11 is 6.09. The van der Waals surface area contributed by atoms with Crippen molar-refractivity contribution < 1.29 is 9.53 Å². The highest BCUT2D eigenvalue weighted by Gasteiger charge is 2.15. The molecule has 0 bridgehead atoms. The lowest BCUT2D eigenvalue weighted by Crippen LogP contribution is -2.37. The predicted octanol–water partition coefficient (Wildman–Crippen LogP) is 1.35. The molecule has 6 heteroatoms. The van der Waals surface area contributed by atoms with Crippen molar-refractivity contribution in [3.8, 4) is 0 Å². The van der Waals surface area contributed by atoms with Gasteiger partial charge >= 0.3 is 0 Å². The van der Waals surface area contributed by atoms with Crippen molar-refractivity contribution in [1.82, 2.24) is 10.2 Å². The van der Waals surface area contributed by atoms with Crippen molar-refractivity contribution in [3.05, 3.63) is 28.8 Å². The molecule has 1 aliphatic rings. The summed E-state index contributed by atoms with van der Waals surface area (Å²) in [5.41, 5.74) is 2.16. The second-order valence-electron chi connectivity index (χ2n) is 5.39. The zero-order chi connectivity index (χ0) is 15.2. The van der Waals surface area contributed by atoms with Crippen molar-refractivity contribution in [2.75, 3.05) is 51.8 Å². The highest BCUT2D eigenvalue weighted by atomic mass is 35.5. The Morgan fingerprint density at radius 3 is 2.76 bits per heavy atom. The quantitative estimate of drug-likeness (QED) is 0.892. The first kappa shape index (κ1) is 16.1. The fourth-order valence-electron chi connectivity index (χ4n) is 2.35. The molecule has 0 radical (unpaired) electrons. The van der Waals surface area contributed by atoms with E-state index in [1.54, 1.807) is 0 Å². The smallest absolute Gasteiger partial charge is 0.234 e. The van der Waals surface area contributed by atoms with Crippen LogP contribution in [0.4, 0.5) is 5.69 Å². The molecule has 116 valence electrons. The number of anilines is 1. The zero-order valence-corrected chi connectivity index (χ0v) is 13.3. The molecule has 1 aromatic rings. The molecule has 0 aromatic heterocycles. The van der Waals surface area contributed by atoms with E-state index in [9.17, 15) is 4.79 Å². The van der Waals surface area contributed by atoms with Gasteiger partial charge in [0.15, 0.2) is 0 Å². The Bertz CT molecular complexity index is 488. The summed E-state index contributed by atoms with van der Waals surface area (Å²) in [7, 11) is 3.75. The fourth-order valence-corrected chi connectivity index (χ4v) is 2.54. The van der Waals surface area contributed by atoms with Crippen LogP contribution in [-0.4, -0.2) is 57.8 Å². The van der Waals surface area contributed by atoms with Gasteiger partial charge in [-0.05, 0) is 37.9 Å². The zero-order valence-electron chi connectivity index (χ0n) is 12.6. The van der Waals surface area contributed by atoms with E-state index in [0.717, 1.165) is 37.6 Å². The summed E-state index contributed by atoms with van der Waals surface area (Å²) in [4.78, 5) is 15.9. The molecule has 1 amide bonds. The topological polar surface area (TPSA) is 44.8 Å². The second-order valence-corrected chi connectivity index (χ2v) is 5.82. The summed E-state index contributed by atoms with van der Waals surface area (Å²) in [6.07, 6.45) is 0. The normalized spacial score (nSPS) is 15.3. The third-order valence-corrected chi connectivity index (χ3v) is 3.56. The van der Waals surface area contributed by atoms with Crippen molar-refractivity contribution in [2.45, 2.75) is 6.54 Å². The number of benzene rings is 1. The van der Waals surface area contributed by atoms with Gasteiger partial charge in [-0.1, -0.05) is 11.6 Å². The minimum absolute atomic E-state index is 0.00732. The molecule has 1 aromatic carbocycles. The third kappa shape index (κ3) is 4.88. The molecule has 1 fully saturated rings. The van der Waals surface area contributed by atoms with Gasteiger partial charge in [-0.2, -0.15) is 0 Å². The number of halogens is 1. The summed E-state index contributed by atoms with van der Waals surface area (Å²) in [5.74, 6) is 0.00732. The standard InChI is InChI=1S/C15H22ClN3O2/c1-18(2)11-15(20)17-10-12-9-13(16)3-4-14(12)19-5-7-21-8-6-19/h3-4,9H,5-8,10-11H2,1-2H3,(H,17,20). The van der Waals surface area contributed by atoms with E-state index < -0.39 is 0 Å². The first-order chi connectivity index (χ1) is 10.1. The van der Waals surface area contributed by atoms with E-state index >= 15 is 0 Å². The molecular formula is C15H22ClN3O2. The number of hydrogen-bond acceptors (Lipinski definition) is 4. The van der Waals surface area contributed by atoms with E-state index in [1.807, 2.05) is 37.2 Å². The van der Waals surface area contributed by atoms with E-state index in [-0.39, 0.29) is 5.91 Å². The molecule has 21 heavy (non-hydrogen) atoms. The Kier molecular flexibility index (Phi) is 5.85. The Morgan fingerprint density at radius 2 is 2.10 bits per heavy atom. The lowest BCUT2D eigenvalue weighted by Gasteiger charge is -2.30. The number of hydrogen-bond donors (Lipinski definition) is 1. The number of ether oxygens (including phenoxy) is 1. The lowest BCUT2D eigenvalue weighted by atomic mass is 10.1. The lowest BCUT2D eigenvalue weighted by molar-refractivity contribution is -0.121. The molecule has 0 saturated carbocycles. The van der Waals surface area contributed by atoms with Gasteiger partial charge in [0.1, 0.15) is 0 Å². The number of morpholine rings is 1. The van der Waals surface area contributed by atoms with Crippen LogP contribution in [0.25, 0.3) is 0 Å². The van der Waals surface area contributed by atoms with Gasteiger partial charge in [0, 0.05) is 30.3 Å². The number of carbonyl (C=O) groups is 1. The second kappa shape index (κ2) is 7.64. The number of nitrogens with zero attached hydrogens (tertiary/aromatic N) is 2. The van der Waals surface area contributed by atoms with E-state index in [1.165, 1.54) is 0 Å². The molecule has 0 atom stereocenters. The fraction of sp³-hybridized carbons (Fsp3) is 0.533. The van der Waals surface area contributed by atoms with Crippen molar-refractivity contribution >= 4 is 23.2 Å². The number of likely N-dealkylation sites (N-methyl/N-ethyl adjacent to an activating group) is 1. The maximum atomic E-state index is 11.8. The van der Waals surface area contributed by atoms with Crippen LogP contribution in [0, 0.1) is 0 Å². The van der Waals surface area contributed by atoms with Crippen LogP contribution in [0.15, 0.2) is 18.2 Å². The molecule has 1 aliphatic heterocycles. The Balaban J connectivity index is 2.06. The van der Waals surface area contributed by atoms with Crippen molar-refractivity contribution in [2.24, 2.45) is 0 Å². The van der Waals surface area contributed by atoms with Crippen LogP contribution in [0.5, 0.6) is 0 Å². The summed E-state index contributed by atoms with van der Waals surface area (Å²) < 4.78 is 5.38. The molecular weight excluding hydrogens is 290 g/mol. The van der Waals surface area contributed by atoms with Crippen molar-refractivity contribution in [3.63, 3.8) is 0 Å². The van der Waals surface area contributed by atoms with Gasteiger partial charge in [0.25, 0.3) is 0 Å². The maximum Gasteiger partial charge on any atom is 0.234 e. The molecule has 1 N–H and O–H groups in total. The molecule has 0 aliphatic carbocycles. The van der Waals surface area contributed by atoms with Crippen LogP contribution < -0.4 is 10.2 Å². The van der Waals surface area contributed by atoms with Crippen LogP contribution in [0.2, 0.25) is 5.02 Å². The molecule has 0 spiro atoms.